The molecule has 1 unspecified atom stereocenters. The lowest BCUT2D eigenvalue weighted by atomic mass is 10.1. The first kappa shape index (κ1) is 12.3. The van der Waals surface area contributed by atoms with Gasteiger partial charge in [-0.3, -0.25) is 19.8 Å². The largest absolute Gasteiger partial charge is 0.294 e. The minimum atomic E-state index is -0.278. The predicted octanol–water partition coefficient (Wildman–Crippen LogP) is 1.30. The fourth-order valence-corrected chi connectivity index (χ4v) is 2.22. The van der Waals surface area contributed by atoms with Gasteiger partial charge >= 0.3 is 0 Å². The third-order valence-electron chi connectivity index (χ3n) is 2.87. The van der Waals surface area contributed by atoms with Gasteiger partial charge in [-0.1, -0.05) is 34.1 Å². The van der Waals surface area contributed by atoms with E-state index in [4.69, 9.17) is 0 Å². The number of amides is 2. The predicted molar refractivity (Wildman–Crippen MR) is 67.2 cm³/mol. The Labute approximate surface area is 108 Å². The number of hydrogen-bond donors (Lipinski definition) is 1. The SMILES string of the molecule is CC1C(=O)NC(=O)CN1Cc1ccccc1Br. The van der Waals surface area contributed by atoms with Crippen LogP contribution in [0.2, 0.25) is 0 Å². The summed E-state index contributed by atoms with van der Waals surface area (Å²) in [6, 6.07) is 7.53. The van der Waals surface area contributed by atoms with Crippen molar-refractivity contribution in [2.45, 2.75) is 19.5 Å². The second-order valence-electron chi connectivity index (χ2n) is 4.08. The number of carbonyl (C=O) groups is 2. The maximum atomic E-state index is 11.5. The lowest BCUT2D eigenvalue weighted by Gasteiger charge is -2.31. The van der Waals surface area contributed by atoms with Gasteiger partial charge in [0.2, 0.25) is 11.8 Å². The molecule has 1 saturated heterocycles. The second kappa shape index (κ2) is 4.98. The number of halogens is 1. The van der Waals surface area contributed by atoms with E-state index in [0.29, 0.717) is 6.54 Å². The molecule has 0 radical (unpaired) electrons. The van der Waals surface area contributed by atoms with Crippen LogP contribution in [0.3, 0.4) is 0 Å². The minimum absolute atomic E-state index is 0.228. The molecule has 0 saturated carbocycles. The number of piperazine rings is 1. The number of hydrogen-bond acceptors (Lipinski definition) is 3. The number of nitrogens with one attached hydrogen (secondary N) is 1. The molecular formula is C12H13BrN2O2. The Bertz CT molecular complexity index is 462. The number of imide groups is 1. The maximum Gasteiger partial charge on any atom is 0.243 e. The molecule has 1 aliphatic rings. The highest BCUT2D eigenvalue weighted by Gasteiger charge is 2.30. The topological polar surface area (TPSA) is 49.4 Å². The molecule has 1 N–H and O–H groups in total. The Balaban J connectivity index is 2.15. The molecular weight excluding hydrogens is 284 g/mol. The molecule has 0 aliphatic carbocycles. The fraction of sp³-hybridized carbons (Fsp3) is 0.333. The van der Waals surface area contributed by atoms with Crippen LogP contribution < -0.4 is 5.32 Å². The van der Waals surface area contributed by atoms with Gasteiger partial charge in [0.15, 0.2) is 0 Å². The summed E-state index contributed by atoms with van der Waals surface area (Å²) in [4.78, 5) is 24.7. The molecule has 0 bridgehead atoms. The van der Waals surface area contributed by atoms with Crippen molar-refractivity contribution in [3.05, 3.63) is 34.3 Å². The molecule has 2 rings (SSSR count). The summed E-state index contributed by atoms with van der Waals surface area (Å²) in [7, 11) is 0. The highest BCUT2D eigenvalue weighted by atomic mass is 79.9. The van der Waals surface area contributed by atoms with Crippen molar-refractivity contribution in [1.29, 1.82) is 0 Å². The molecule has 1 heterocycles. The van der Waals surface area contributed by atoms with E-state index in [1.165, 1.54) is 0 Å². The van der Waals surface area contributed by atoms with Gasteiger partial charge in [-0.15, -0.1) is 0 Å². The third kappa shape index (κ3) is 2.73. The first-order valence-corrected chi connectivity index (χ1v) is 6.18. The van der Waals surface area contributed by atoms with Crippen molar-refractivity contribution >= 4 is 27.7 Å². The molecule has 4 nitrogen and oxygen atoms in total. The smallest absolute Gasteiger partial charge is 0.243 e. The summed E-state index contributed by atoms with van der Waals surface area (Å²) in [6.45, 7) is 2.65. The number of rotatable bonds is 2. The average Bonchev–Trinajstić information content (AvgIpc) is 2.28. The number of nitrogens with zero attached hydrogens (tertiary/aromatic N) is 1. The van der Waals surface area contributed by atoms with Crippen LogP contribution in [0.1, 0.15) is 12.5 Å². The maximum absolute atomic E-state index is 11.5. The molecule has 17 heavy (non-hydrogen) atoms. The van der Waals surface area contributed by atoms with E-state index in [9.17, 15) is 9.59 Å². The number of benzene rings is 1. The van der Waals surface area contributed by atoms with Gasteiger partial charge in [-0.2, -0.15) is 0 Å². The molecule has 5 heteroatoms. The van der Waals surface area contributed by atoms with Gasteiger partial charge in [0.1, 0.15) is 0 Å². The summed E-state index contributed by atoms with van der Waals surface area (Å²) in [6.07, 6.45) is 0. The fourth-order valence-electron chi connectivity index (χ4n) is 1.81. The van der Waals surface area contributed by atoms with Gasteiger partial charge in [0.05, 0.1) is 12.6 Å². The summed E-state index contributed by atoms with van der Waals surface area (Å²) >= 11 is 3.46. The molecule has 1 aromatic rings. The first-order chi connectivity index (χ1) is 8.08. The Hall–Kier alpha value is -1.20. The van der Waals surface area contributed by atoms with Crippen LogP contribution in [-0.2, 0) is 16.1 Å². The molecule has 1 aliphatic heterocycles. The van der Waals surface area contributed by atoms with Crippen molar-refractivity contribution < 1.29 is 9.59 Å². The average molecular weight is 297 g/mol. The zero-order valence-electron chi connectivity index (χ0n) is 9.44. The molecule has 0 spiro atoms. The molecule has 0 aromatic heterocycles. The first-order valence-electron chi connectivity index (χ1n) is 5.39. The lowest BCUT2D eigenvalue weighted by molar-refractivity contribution is -0.139. The van der Waals surface area contributed by atoms with E-state index in [1.807, 2.05) is 29.2 Å². The van der Waals surface area contributed by atoms with Crippen LogP contribution >= 0.6 is 15.9 Å². The van der Waals surface area contributed by atoms with Gasteiger partial charge in [-0.25, -0.2) is 0 Å². The van der Waals surface area contributed by atoms with Crippen molar-refractivity contribution in [3.63, 3.8) is 0 Å². The van der Waals surface area contributed by atoms with Crippen LogP contribution in [0.25, 0.3) is 0 Å². The van der Waals surface area contributed by atoms with Gasteiger partial charge < -0.3 is 0 Å². The zero-order chi connectivity index (χ0) is 12.4. The van der Waals surface area contributed by atoms with E-state index >= 15 is 0 Å². The Morgan fingerprint density at radius 1 is 1.41 bits per heavy atom. The Morgan fingerprint density at radius 3 is 2.82 bits per heavy atom. The van der Waals surface area contributed by atoms with E-state index in [1.54, 1.807) is 6.92 Å². The van der Waals surface area contributed by atoms with Crippen molar-refractivity contribution in [2.24, 2.45) is 0 Å². The van der Waals surface area contributed by atoms with Gasteiger partial charge in [-0.05, 0) is 18.6 Å². The molecule has 1 atom stereocenters. The normalized spacial score (nSPS) is 21.4. The molecule has 1 fully saturated rings. The highest BCUT2D eigenvalue weighted by molar-refractivity contribution is 9.10. The number of carbonyl (C=O) groups excluding carboxylic acids is 2. The van der Waals surface area contributed by atoms with E-state index in [2.05, 4.69) is 21.2 Å². The quantitative estimate of drug-likeness (QED) is 0.837. The Morgan fingerprint density at radius 2 is 2.12 bits per heavy atom. The van der Waals surface area contributed by atoms with E-state index < -0.39 is 0 Å². The van der Waals surface area contributed by atoms with Crippen molar-refractivity contribution in [2.75, 3.05) is 6.54 Å². The monoisotopic (exact) mass is 296 g/mol. The highest BCUT2D eigenvalue weighted by Crippen LogP contribution is 2.19. The summed E-state index contributed by atoms with van der Waals surface area (Å²) in [5.74, 6) is -0.464. The van der Waals surface area contributed by atoms with Crippen LogP contribution in [-0.4, -0.2) is 29.3 Å². The van der Waals surface area contributed by atoms with Gasteiger partial charge in [0, 0.05) is 11.0 Å². The summed E-state index contributed by atoms with van der Waals surface area (Å²) in [5.41, 5.74) is 1.07. The van der Waals surface area contributed by atoms with Crippen molar-refractivity contribution in [3.8, 4) is 0 Å². The van der Waals surface area contributed by atoms with Crippen molar-refractivity contribution in [1.82, 2.24) is 10.2 Å². The standard InChI is InChI=1S/C12H13BrN2O2/c1-8-12(17)14-11(16)7-15(8)6-9-4-2-3-5-10(9)13/h2-5,8H,6-7H2,1H3,(H,14,16,17). The third-order valence-corrected chi connectivity index (χ3v) is 3.64. The molecule has 2 amide bonds. The summed E-state index contributed by atoms with van der Waals surface area (Å²) < 4.78 is 0.991. The van der Waals surface area contributed by atoms with E-state index in [-0.39, 0.29) is 24.4 Å². The van der Waals surface area contributed by atoms with E-state index in [0.717, 1.165) is 10.0 Å². The zero-order valence-corrected chi connectivity index (χ0v) is 11.0. The lowest BCUT2D eigenvalue weighted by Crippen LogP contribution is -2.56. The molecule has 1 aromatic carbocycles. The van der Waals surface area contributed by atoms with Crippen LogP contribution in [0.4, 0.5) is 0 Å². The Kier molecular flexibility index (Phi) is 3.59. The van der Waals surface area contributed by atoms with Crippen LogP contribution in [0.15, 0.2) is 28.7 Å². The molecule has 90 valence electrons. The van der Waals surface area contributed by atoms with Gasteiger partial charge in [0.25, 0.3) is 0 Å². The van der Waals surface area contributed by atoms with Crippen LogP contribution in [0.5, 0.6) is 0 Å². The summed E-state index contributed by atoms with van der Waals surface area (Å²) in [5, 5.41) is 2.33. The van der Waals surface area contributed by atoms with Crippen LogP contribution in [0, 0.1) is 0 Å². The minimum Gasteiger partial charge on any atom is -0.294 e. The second-order valence-corrected chi connectivity index (χ2v) is 4.94.